The summed E-state index contributed by atoms with van der Waals surface area (Å²) in [4.78, 5) is 19.5. The first kappa shape index (κ1) is 21.5. The maximum absolute atomic E-state index is 13.4. The zero-order valence-corrected chi connectivity index (χ0v) is 18.9. The van der Waals surface area contributed by atoms with Gasteiger partial charge in [-0.05, 0) is 55.4 Å². The number of rotatable bonds is 4. The van der Waals surface area contributed by atoms with Crippen molar-refractivity contribution in [2.24, 2.45) is 0 Å². The van der Waals surface area contributed by atoms with Gasteiger partial charge in [0.15, 0.2) is 5.13 Å². The molecule has 0 bridgehead atoms. The van der Waals surface area contributed by atoms with E-state index in [9.17, 15) is 14.3 Å². The Morgan fingerprint density at radius 1 is 1.32 bits per heavy atom. The van der Waals surface area contributed by atoms with E-state index >= 15 is 0 Å². The van der Waals surface area contributed by atoms with Gasteiger partial charge in [-0.25, -0.2) is 14.2 Å². The molecule has 1 aliphatic rings. The number of urea groups is 1. The summed E-state index contributed by atoms with van der Waals surface area (Å²) in [7, 11) is 2.06. The number of carbonyl (C=O) groups is 1. The molecule has 31 heavy (non-hydrogen) atoms. The number of benzene rings is 2. The third-order valence-corrected chi connectivity index (χ3v) is 7.25. The Kier molecular flexibility index (Phi) is 5.61. The van der Waals surface area contributed by atoms with Crippen molar-refractivity contribution in [3.63, 3.8) is 0 Å². The molecule has 6 nitrogen and oxygen atoms in total. The number of nitrogens with zero attached hydrogens (tertiary/aromatic N) is 2. The van der Waals surface area contributed by atoms with Crippen LogP contribution >= 0.6 is 11.3 Å². The van der Waals surface area contributed by atoms with Crippen LogP contribution in [0.3, 0.4) is 0 Å². The van der Waals surface area contributed by atoms with E-state index in [2.05, 4.69) is 48.3 Å². The first-order valence-corrected chi connectivity index (χ1v) is 11.2. The third-order valence-electron chi connectivity index (χ3n) is 6.30. The predicted octanol–water partition coefficient (Wildman–Crippen LogP) is 4.49. The number of carbonyl (C=O) groups excluding carboxylic acids is 1. The van der Waals surface area contributed by atoms with E-state index in [0.29, 0.717) is 10.6 Å². The Morgan fingerprint density at radius 2 is 2.10 bits per heavy atom. The Labute approximate surface area is 185 Å². The fourth-order valence-corrected chi connectivity index (χ4v) is 5.33. The van der Waals surface area contributed by atoms with Gasteiger partial charge in [-0.2, -0.15) is 0 Å². The summed E-state index contributed by atoms with van der Waals surface area (Å²) >= 11 is 1.31. The highest BCUT2D eigenvalue weighted by atomic mass is 32.1. The SMILES string of the molecule is CCN(C)[C@@H]1Cc2ccc(O)cc2C(C)(C)[C@@H]1NC(=O)Nc1nc2cc(F)ccc2s1. The standard InChI is InChI=1S/C23H27FN4O2S/c1-5-28(4)18-10-13-6-8-15(29)12-16(13)23(2,3)20(18)26-21(30)27-22-25-17-11-14(24)7-9-19(17)31-22/h6-9,11-12,18,20,29H,5,10H2,1-4H3,(H2,25,26,27,30)/t18-,20-/m1/s1. The lowest BCUT2D eigenvalue weighted by Gasteiger charge is -2.48. The van der Waals surface area contributed by atoms with Crippen LogP contribution in [0.1, 0.15) is 31.9 Å². The van der Waals surface area contributed by atoms with Crippen molar-refractivity contribution < 1.29 is 14.3 Å². The van der Waals surface area contributed by atoms with Crippen molar-refractivity contribution in [1.82, 2.24) is 15.2 Å². The molecule has 3 N–H and O–H groups in total. The Bertz CT molecular complexity index is 1130. The number of likely N-dealkylation sites (N-methyl/N-ethyl adjacent to an activating group) is 1. The molecule has 0 radical (unpaired) electrons. The lowest BCUT2D eigenvalue weighted by Crippen LogP contribution is -2.62. The third kappa shape index (κ3) is 4.09. The first-order chi connectivity index (χ1) is 14.7. The largest absolute Gasteiger partial charge is 0.508 e. The number of hydrogen-bond acceptors (Lipinski definition) is 5. The number of halogens is 1. The molecule has 1 heterocycles. The molecule has 0 spiro atoms. The maximum Gasteiger partial charge on any atom is 0.321 e. The van der Waals surface area contributed by atoms with Crippen LogP contribution in [-0.2, 0) is 11.8 Å². The summed E-state index contributed by atoms with van der Waals surface area (Å²) in [6.07, 6.45) is 0.773. The lowest BCUT2D eigenvalue weighted by molar-refractivity contribution is 0.143. The van der Waals surface area contributed by atoms with Crippen molar-refractivity contribution in [1.29, 1.82) is 0 Å². The molecule has 2 aromatic carbocycles. The normalized spacial score (nSPS) is 19.9. The molecule has 0 fully saturated rings. The fourth-order valence-electron chi connectivity index (χ4n) is 4.48. The highest BCUT2D eigenvalue weighted by Gasteiger charge is 2.44. The number of amides is 2. The van der Waals surface area contributed by atoms with Crippen molar-refractivity contribution in [2.45, 2.75) is 44.7 Å². The second-order valence-corrected chi connectivity index (χ2v) is 9.65. The van der Waals surface area contributed by atoms with Crippen LogP contribution in [0.5, 0.6) is 5.75 Å². The van der Waals surface area contributed by atoms with E-state index in [-0.39, 0.29) is 29.7 Å². The van der Waals surface area contributed by atoms with Crippen LogP contribution in [0.2, 0.25) is 0 Å². The molecule has 0 saturated carbocycles. The number of hydrogen-bond donors (Lipinski definition) is 3. The van der Waals surface area contributed by atoms with Gasteiger partial charge in [-0.15, -0.1) is 0 Å². The molecular weight excluding hydrogens is 415 g/mol. The van der Waals surface area contributed by atoms with Crippen LogP contribution < -0.4 is 10.6 Å². The van der Waals surface area contributed by atoms with Gasteiger partial charge in [0.25, 0.3) is 0 Å². The van der Waals surface area contributed by atoms with Gasteiger partial charge in [0, 0.05) is 17.5 Å². The second-order valence-electron chi connectivity index (χ2n) is 8.62. The van der Waals surface area contributed by atoms with E-state index in [1.807, 2.05) is 6.07 Å². The Hall–Kier alpha value is -2.71. The number of phenols is 1. The van der Waals surface area contributed by atoms with E-state index in [1.165, 1.54) is 29.0 Å². The monoisotopic (exact) mass is 442 g/mol. The molecular formula is C23H27FN4O2S. The molecule has 8 heteroatoms. The number of fused-ring (bicyclic) bond motifs is 2. The zero-order valence-electron chi connectivity index (χ0n) is 18.1. The number of phenolic OH excluding ortho intramolecular Hbond substituents is 1. The Morgan fingerprint density at radius 3 is 2.84 bits per heavy atom. The molecule has 164 valence electrons. The summed E-state index contributed by atoms with van der Waals surface area (Å²) in [5.74, 6) is -0.135. The summed E-state index contributed by atoms with van der Waals surface area (Å²) in [6, 6.07) is 9.43. The van der Waals surface area contributed by atoms with Crippen molar-refractivity contribution >= 4 is 32.7 Å². The summed E-state index contributed by atoms with van der Waals surface area (Å²) in [5, 5.41) is 16.4. The summed E-state index contributed by atoms with van der Waals surface area (Å²) in [5.41, 5.74) is 2.33. The van der Waals surface area contributed by atoms with Gasteiger partial charge in [0.2, 0.25) is 0 Å². The molecule has 4 rings (SSSR count). The molecule has 1 aromatic heterocycles. The molecule has 1 aliphatic carbocycles. The highest BCUT2D eigenvalue weighted by molar-refractivity contribution is 7.22. The van der Waals surface area contributed by atoms with Crippen molar-refractivity contribution in [2.75, 3.05) is 18.9 Å². The second kappa shape index (κ2) is 8.09. The maximum atomic E-state index is 13.4. The van der Waals surface area contributed by atoms with E-state index < -0.39 is 5.41 Å². The highest BCUT2D eigenvalue weighted by Crippen LogP contribution is 2.40. The van der Waals surface area contributed by atoms with Crippen LogP contribution in [0.15, 0.2) is 36.4 Å². The van der Waals surface area contributed by atoms with Gasteiger partial charge in [0.1, 0.15) is 11.6 Å². The minimum absolute atomic E-state index is 0.0901. The van der Waals surface area contributed by atoms with E-state index in [0.717, 1.165) is 23.2 Å². The molecule has 3 aromatic rings. The smallest absolute Gasteiger partial charge is 0.321 e. The molecule has 0 aliphatic heterocycles. The number of thiazole rings is 1. The number of nitrogens with one attached hydrogen (secondary N) is 2. The van der Waals surface area contributed by atoms with E-state index in [1.54, 1.807) is 18.2 Å². The van der Waals surface area contributed by atoms with Gasteiger partial charge in [-0.3, -0.25) is 5.32 Å². The van der Waals surface area contributed by atoms with Crippen LogP contribution in [-0.4, -0.2) is 46.7 Å². The van der Waals surface area contributed by atoms with Gasteiger partial charge in [0.05, 0.1) is 16.3 Å². The topological polar surface area (TPSA) is 77.5 Å². The minimum atomic E-state index is -0.408. The average Bonchev–Trinajstić information content (AvgIpc) is 3.11. The van der Waals surface area contributed by atoms with Crippen LogP contribution in [0.25, 0.3) is 10.2 Å². The fraction of sp³-hybridized carbons (Fsp3) is 0.391. The quantitative estimate of drug-likeness (QED) is 0.557. The minimum Gasteiger partial charge on any atom is -0.508 e. The van der Waals surface area contributed by atoms with Crippen molar-refractivity contribution in [3.8, 4) is 5.75 Å². The Balaban J connectivity index is 1.60. The average molecular weight is 443 g/mol. The van der Waals surface area contributed by atoms with Crippen molar-refractivity contribution in [3.05, 3.63) is 53.3 Å². The summed E-state index contributed by atoms with van der Waals surface area (Å²) in [6.45, 7) is 7.12. The summed E-state index contributed by atoms with van der Waals surface area (Å²) < 4.78 is 14.3. The number of anilines is 1. The van der Waals surface area contributed by atoms with Gasteiger partial charge >= 0.3 is 6.03 Å². The van der Waals surface area contributed by atoms with Gasteiger partial charge < -0.3 is 15.3 Å². The number of aromatic hydroxyl groups is 1. The molecule has 2 atom stereocenters. The molecule has 0 unspecified atom stereocenters. The predicted molar refractivity (Wildman–Crippen MR) is 122 cm³/mol. The first-order valence-electron chi connectivity index (χ1n) is 10.3. The molecule has 0 saturated heterocycles. The lowest BCUT2D eigenvalue weighted by atomic mass is 9.66. The van der Waals surface area contributed by atoms with Gasteiger partial charge in [-0.1, -0.05) is 38.2 Å². The zero-order chi connectivity index (χ0) is 22.3. The number of aromatic nitrogens is 1. The van der Waals surface area contributed by atoms with Crippen LogP contribution in [0.4, 0.5) is 14.3 Å². The van der Waals surface area contributed by atoms with Crippen LogP contribution in [0, 0.1) is 5.82 Å². The molecule has 2 amide bonds. The van der Waals surface area contributed by atoms with E-state index in [4.69, 9.17) is 0 Å².